The van der Waals surface area contributed by atoms with Crippen molar-refractivity contribution in [2.45, 2.75) is 51.6 Å². The number of carbonyl (C=O) groups is 2. The Morgan fingerprint density at radius 1 is 1.15 bits per heavy atom. The van der Waals surface area contributed by atoms with Crippen LogP contribution in [0.3, 0.4) is 0 Å². The average molecular weight is 283 g/mol. The van der Waals surface area contributed by atoms with Gasteiger partial charge in [-0.05, 0) is 31.6 Å². The maximum Gasteiger partial charge on any atom is 0.306 e. The topological polar surface area (TPSA) is 66.8 Å². The fraction of sp³-hybridized carbons (Fsp3) is 0.867. The lowest BCUT2D eigenvalue weighted by Crippen LogP contribution is -2.42. The third kappa shape index (κ3) is 3.95. The maximum absolute atomic E-state index is 12.1. The summed E-state index contributed by atoms with van der Waals surface area (Å²) in [4.78, 5) is 24.7. The van der Waals surface area contributed by atoms with E-state index in [1.165, 1.54) is 19.3 Å². The number of amides is 1. The first-order valence-corrected chi connectivity index (χ1v) is 7.70. The van der Waals surface area contributed by atoms with Crippen molar-refractivity contribution in [3.63, 3.8) is 0 Å². The zero-order valence-electron chi connectivity index (χ0n) is 12.2. The molecule has 2 atom stereocenters. The molecule has 0 spiro atoms. The van der Waals surface area contributed by atoms with Crippen molar-refractivity contribution in [2.24, 2.45) is 11.8 Å². The minimum atomic E-state index is -0.746. The van der Waals surface area contributed by atoms with Gasteiger partial charge in [0.25, 0.3) is 0 Å². The van der Waals surface area contributed by atoms with E-state index in [4.69, 9.17) is 9.84 Å². The zero-order valence-corrected chi connectivity index (χ0v) is 12.2. The van der Waals surface area contributed by atoms with Crippen LogP contribution in [0.4, 0.5) is 0 Å². The highest BCUT2D eigenvalue weighted by atomic mass is 16.5. The molecule has 2 rings (SSSR count). The van der Waals surface area contributed by atoms with Crippen molar-refractivity contribution in [3.8, 4) is 0 Å². The Labute approximate surface area is 120 Å². The van der Waals surface area contributed by atoms with Crippen LogP contribution in [0.15, 0.2) is 0 Å². The molecule has 5 heteroatoms. The van der Waals surface area contributed by atoms with Crippen LogP contribution in [0.25, 0.3) is 0 Å². The van der Waals surface area contributed by atoms with Crippen molar-refractivity contribution >= 4 is 11.9 Å². The Hall–Kier alpha value is -1.10. The largest absolute Gasteiger partial charge is 0.481 e. The number of hydrogen-bond donors (Lipinski definition) is 1. The number of ether oxygens (including phenoxy) is 1. The molecule has 0 aromatic heterocycles. The molecule has 1 N–H and O–H groups in total. The van der Waals surface area contributed by atoms with Gasteiger partial charge in [0.05, 0.1) is 12.0 Å². The number of aliphatic carboxylic acids is 1. The second-order valence-corrected chi connectivity index (χ2v) is 6.10. The number of carbonyl (C=O) groups excluding carboxylic acids is 1. The molecule has 1 amide bonds. The van der Waals surface area contributed by atoms with Crippen LogP contribution < -0.4 is 0 Å². The molecule has 0 unspecified atom stereocenters. The van der Waals surface area contributed by atoms with E-state index in [-0.39, 0.29) is 24.5 Å². The summed E-state index contributed by atoms with van der Waals surface area (Å²) in [6, 6.07) is 0. The predicted octanol–water partition coefficient (Wildman–Crippen LogP) is 1.90. The van der Waals surface area contributed by atoms with Crippen molar-refractivity contribution in [3.05, 3.63) is 0 Å². The molecule has 1 heterocycles. The van der Waals surface area contributed by atoms with Crippen LogP contribution in [0.1, 0.15) is 45.4 Å². The smallest absolute Gasteiger partial charge is 0.306 e. The molecule has 0 bridgehead atoms. The summed E-state index contributed by atoms with van der Waals surface area (Å²) in [6.07, 6.45) is 6.01. The van der Waals surface area contributed by atoms with E-state index in [9.17, 15) is 9.59 Å². The third-order valence-electron chi connectivity index (χ3n) is 4.65. The highest BCUT2D eigenvalue weighted by Crippen LogP contribution is 2.26. The number of likely N-dealkylation sites (tertiary alicyclic amines) is 1. The van der Waals surface area contributed by atoms with E-state index < -0.39 is 5.97 Å². The van der Waals surface area contributed by atoms with Crippen LogP contribution in [0.5, 0.6) is 0 Å². The lowest BCUT2D eigenvalue weighted by molar-refractivity contribution is -0.148. The first-order chi connectivity index (χ1) is 9.58. The van der Waals surface area contributed by atoms with Gasteiger partial charge in [-0.25, -0.2) is 0 Å². The lowest BCUT2D eigenvalue weighted by atomic mass is 9.88. The Kier molecular flexibility index (Phi) is 5.40. The second-order valence-electron chi connectivity index (χ2n) is 6.10. The molecule has 5 nitrogen and oxygen atoms in total. The number of rotatable bonds is 4. The van der Waals surface area contributed by atoms with Crippen LogP contribution in [-0.2, 0) is 14.3 Å². The first kappa shape index (κ1) is 15.3. The summed E-state index contributed by atoms with van der Waals surface area (Å²) in [6.45, 7) is 3.41. The number of hydrogen-bond acceptors (Lipinski definition) is 3. The summed E-state index contributed by atoms with van der Waals surface area (Å²) >= 11 is 0. The first-order valence-electron chi connectivity index (χ1n) is 7.70. The Morgan fingerprint density at radius 3 is 2.40 bits per heavy atom. The van der Waals surface area contributed by atoms with Gasteiger partial charge in [-0.2, -0.15) is 0 Å². The second kappa shape index (κ2) is 7.07. The molecule has 1 saturated carbocycles. The minimum Gasteiger partial charge on any atom is -0.481 e. The summed E-state index contributed by atoms with van der Waals surface area (Å²) in [5.74, 6) is -0.497. The predicted molar refractivity (Wildman–Crippen MR) is 74.3 cm³/mol. The van der Waals surface area contributed by atoms with E-state index >= 15 is 0 Å². The van der Waals surface area contributed by atoms with E-state index in [2.05, 4.69) is 6.92 Å². The van der Waals surface area contributed by atoms with E-state index in [1.807, 2.05) is 0 Å². The fourth-order valence-corrected chi connectivity index (χ4v) is 3.18. The maximum atomic E-state index is 12.1. The molecular weight excluding hydrogens is 258 g/mol. The highest BCUT2D eigenvalue weighted by Gasteiger charge is 2.28. The molecule has 1 saturated heterocycles. The van der Waals surface area contributed by atoms with Gasteiger partial charge >= 0.3 is 5.97 Å². The van der Waals surface area contributed by atoms with Crippen molar-refractivity contribution < 1.29 is 19.4 Å². The molecule has 0 aromatic carbocycles. The molecule has 0 aromatic rings. The summed E-state index contributed by atoms with van der Waals surface area (Å²) in [5, 5.41) is 8.94. The minimum absolute atomic E-state index is 0.00612. The Balaban J connectivity index is 1.71. The molecule has 1 aliphatic heterocycles. The molecular formula is C15H25NO4. The fourth-order valence-electron chi connectivity index (χ4n) is 3.18. The molecule has 114 valence electrons. The quantitative estimate of drug-likeness (QED) is 0.855. The number of carboxylic acid groups (broad SMARTS) is 1. The van der Waals surface area contributed by atoms with Crippen LogP contribution in [0, 0.1) is 11.8 Å². The van der Waals surface area contributed by atoms with Gasteiger partial charge < -0.3 is 14.7 Å². The van der Waals surface area contributed by atoms with Gasteiger partial charge in [0, 0.05) is 13.1 Å². The van der Waals surface area contributed by atoms with Gasteiger partial charge in [0.15, 0.2) is 0 Å². The molecule has 20 heavy (non-hydrogen) atoms. The summed E-state index contributed by atoms with van der Waals surface area (Å²) in [7, 11) is 0. The van der Waals surface area contributed by atoms with Crippen LogP contribution in [0.2, 0.25) is 0 Å². The SMILES string of the molecule is C[C@H]1CCCC[C@@H]1OCC(=O)N1CCC(C(=O)O)CC1. The van der Waals surface area contributed by atoms with E-state index in [1.54, 1.807) is 4.90 Å². The van der Waals surface area contributed by atoms with Gasteiger partial charge in [-0.1, -0.05) is 19.8 Å². The van der Waals surface area contributed by atoms with E-state index in [0.29, 0.717) is 31.8 Å². The number of carboxylic acids is 1. The standard InChI is InChI=1S/C15H25NO4/c1-11-4-2-3-5-13(11)20-10-14(17)16-8-6-12(7-9-16)15(18)19/h11-13H,2-10H2,1H3,(H,18,19)/t11-,13-/m0/s1. The summed E-state index contributed by atoms with van der Waals surface area (Å²) in [5.41, 5.74) is 0. The normalized spacial score (nSPS) is 28.4. The van der Waals surface area contributed by atoms with Crippen LogP contribution in [-0.4, -0.2) is 47.7 Å². The number of nitrogens with zero attached hydrogens (tertiary/aromatic N) is 1. The van der Waals surface area contributed by atoms with Crippen molar-refractivity contribution in [1.29, 1.82) is 0 Å². The van der Waals surface area contributed by atoms with Gasteiger partial charge in [0.1, 0.15) is 6.61 Å². The van der Waals surface area contributed by atoms with E-state index in [0.717, 1.165) is 6.42 Å². The molecule has 2 fully saturated rings. The number of piperidine rings is 1. The Morgan fingerprint density at radius 2 is 1.80 bits per heavy atom. The van der Waals surface area contributed by atoms with Gasteiger partial charge in [-0.15, -0.1) is 0 Å². The van der Waals surface area contributed by atoms with Crippen molar-refractivity contribution in [2.75, 3.05) is 19.7 Å². The average Bonchev–Trinajstić information content (AvgIpc) is 2.46. The van der Waals surface area contributed by atoms with Gasteiger partial charge in [0.2, 0.25) is 5.91 Å². The monoisotopic (exact) mass is 283 g/mol. The Bertz CT molecular complexity index is 350. The molecule has 1 aliphatic carbocycles. The third-order valence-corrected chi connectivity index (χ3v) is 4.65. The molecule has 2 aliphatic rings. The summed E-state index contributed by atoms with van der Waals surface area (Å²) < 4.78 is 5.78. The van der Waals surface area contributed by atoms with Crippen LogP contribution >= 0.6 is 0 Å². The van der Waals surface area contributed by atoms with Gasteiger partial charge in [-0.3, -0.25) is 9.59 Å². The lowest BCUT2D eigenvalue weighted by Gasteiger charge is -2.32. The van der Waals surface area contributed by atoms with Crippen molar-refractivity contribution in [1.82, 2.24) is 4.90 Å². The highest BCUT2D eigenvalue weighted by molar-refractivity contribution is 5.78. The zero-order chi connectivity index (χ0) is 14.5. The molecule has 0 radical (unpaired) electrons.